The number of rotatable bonds is 3. The monoisotopic (exact) mass is 302 g/mol. The normalized spacial score (nSPS) is 31.9. The predicted molar refractivity (Wildman–Crippen MR) is 41.3 cm³/mol. The number of carbonyl (C=O) groups is 1. The fourth-order valence-corrected chi connectivity index (χ4v) is 1.71. The van der Waals surface area contributed by atoms with Gasteiger partial charge in [-0.3, -0.25) is 4.18 Å². The van der Waals surface area contributed by atoms with Gasteiger partial charge in [-0.25, -0.2) is 8.42 Å². The van der Waals surface area contributed by atoms with Gasteiger partial charge in [0.25, 0.3) is 0 Å². The zero-order valence-corrected chi connectivity index (χ0v) is 14.5. The first-order chi connectivity index (χ1) is 7.22. The zero-order valence-electron chi connectivity index (χ0n) is 9.68. The zero-order chi connectivity index (χ0) is 12.5. The maximum atomic E-state index is 10.4. The van der Waals surface area contributed by atoms with Gasteiger partial charge in [0.05, 0.1) is 12.6 Å². The van der Waals surface area contributed by atoms with Crippen molar-refractivity contribution < 1.29 is 101 Å². The maximum absolute atomic E-state index is 10.4. The number of hydrogen-bond acceptors (Lipinski definition) is 9. The first-order valence-corrected chi connectivity index (χ1v) is 5.38. The molecule has 0 aromatic rings. The minimum atomic E-state index is -5.08. The fraction of sp³-hybridized carbons (Fsp3) is 0.833. The minimum absolute atomic E-state index is 0. The first kappa shape index (κ1) is 21.5. The summed E-state index contributed by atoms with van der Waals surface area (Å²) in [5.74, 6) is -1.77. The van der Waals surface area contributed by atoms with E-state index in [-0.39, 0.29) is 59.1 Å². The summed E-state index contributed by atoms with van der Waals surface area (Å²) in [5.41, 5.74) is 0. The standard InChI is InChI=1S/C6H10O9S.2Na/c7-3-2(15-16(11,12)13)1-14-5(4(3)8)6(9)10;;/h2-5,7-8H,1H2,(H,9,10)(H,11,12,13);;/q;2*+1/p-2. The SMILES string of the molecule is O=C([O-])C1OCC(OS(=O)(=O)[O-])C(O)C1O.[Na+].[Na+]. The molecule has 0 aromatic carbocycles. The Morgan fingerprint density at radius 1 is 1.28 bits per heavy atom. The first-order valence-electron chi connectivity index (χ1n) is 4.05. The fourth-order valence-electron chi connectivity index (χ4n) is 1.24. The quantitative estimate of drug-likeness (QED) is 0.293. The Kier molecular flexibility index (Phi) is 10.2. The third-order valence-electron chi connectivity index (χ3n) is 1.95. The average Bonchev–Trinajstić information content (AvgIpc) is 2.10. The molecule has 0 saturated carbocycles. The topological polar surface area (TPSA) is 156 Å². The van der Waals surface area contributed by atoms with Crippen molar-refractivity contribution in [3.05, 3.63) is 0 Å². The molecular formula is C6H8Na2O9S. The molecule has 1 aliphatic rings. The average molecular weight is 302 g/mol. The van der Waals surface area contributed by atoms with Gasteiger partial charge in [-0.2, -0.15) is 0 Å². The van der Waals surface area contributed by atoms with E-state index in [1.165, 1.54) is 0 Å². The van der Waals surface area contributed by atoms with Crippen molar-refractivity contribution in [1.82, 2.24) is 0 Å². The maximum Gasteiger partial charge on any atom is 1.00 e. The van der Waals surface area contributed by atoms with Crippen molar-refractivity contribution in [2.75, 3.05) is 6.61 Å². The van der Waals surface area contributed by atoms with Crippen LogP contribution in [0.2, 0.25) is 0 Å². The Morgan fingerprint density at radius 3 is 2.17 bits per heavy atom. The van der Waals surface area contributed by atoms with Gasteiger partial charge in [-0.15, -0.1) is 0 Å². The van der Waals surface area contributed by atoms with E-state index in [0.29, 0.717) is 0 Å². The molecule has 0 amide bonds. The van der Waals surface area contributed by atoms with Gasteiger partial charge < -0.3 is 29.4 Å². The van der Waals surface area contributed by atoms with E-state index >= 15 is 0 Å². The molecule has 4 atom stereocenters. The molecule has 18 heavy (non-hydrogen) atoms. The number of aliphatic carboxylic acids is 1. The molecule has 9 nitrogen and oxygen atoms in total. The Balaban J connectivity index is 0. The molecule has 2 N–H and O–H groups in total. The van der Waals surface area contributed by atoms with Gasteiger partial charge in [0.1, 0.15) is 24.4 Å². The van der Waals surface area contributed by atoms with Gasteiger partial charge in [0.2, 0.25) is 10.4 Å². The van der Waals surface area contributed by atoms with Crippen molar-refractivity contribution in [3.8, 4) is 0 Å². The summed E-state index contributed by atoms with van der Waals surface area (Å²) in [6.07, 6.45) is -7.26. The number of aliphatic hydroxyl groups is 2. The van der Waals surface area contributed by atoms with E-state index in [9.17, 15) is 33.1 Å². The molecule has 1 saturated heterocycles. The van der Waals surface area contributed by atoms with Crippen LogP contribution >= 0.6 is 0 Å². The molecule has 1 heterocycles. The summed E-state index contributed by atoms with van der Waals surface area (Å²) in [6.45, 7) is -0.668. The summed E-state index contributed by atoms with van der Waals surface area (Å²) in [7, 11) is -5.08. The van der Waals surface area contributed by atoms with Crippen LogP contribution in [0.25, 0.3) is 0 Å². The summed E-state index contributed by atoms with van der Waals surface area (Å²) in [4.78, 5) is 10.4. The molecule has 4 unspecified atom stereocenters. The molecule has 0 spiro atoms. The molecule has 1 aliphatic heterocycles. The van der Waals surface area contributed by atoms with Crippen LogP contribution in [0.4, 0.5) is 0 Å². The molecule has 0 aromatic heterocycles. The van der Waals surface area contributed by atoms with Crippen LogP contribution in [0.5, 0.6) is 0 Å². The van der Waals surface area contributed by atoms with Crippen LogP contribution in [0.15, 0.2) is 0 Å². The van der Waals surface area contributed by atoms with Crippen molar-refractivity contribution in [1.29, 1.82) is 0 Å². The number of carboxylic acid groups (broad SMARTS) is 1. The van der Waals surface area contributed by atoms with Crippen LogP contribution in [0, 0.1) is 0 Å². The van der Waals surface area contributed by atoms with Gasteiger partial charge in [-0.1, -0.05) is 0 Å². The van der Waals surface area contributed by atoms with Crippen molar-refractivity contribution in [2.45, 2.75) is 24.4 Å². The van der Waals surface area contributed by atoms with Gasteiger partial charge in [0.15, 0.2) is 0 Å². The predicted octanol–water partition coefficient (Wildman–Crippen LogP) is -10.3. The second-order valence-corrected chi connectivity index (χ2v) is 4.11. The summed E-state index contributed by atoms with van der Waals surface area (Å²) >= 11 is 0. The Morgan fingerprint density at radius 2 is 1.78 bits per heavy atom. The third kappa shape index (κ3) is 6.11. The molecule has 0 radical (unpaired) electrons. The second kappa shape index (κ2) is 8.49. The third-order valence-corrected chi connectivity index (χ3v) is 2.44. The Bertz CT molecular complexity index is 371. The molecule has 1 rings (SSSR count). The van der Waals surface area contributed by atoms with Crippen molar-refractivity contribution in [2.24, 2.45) is 0 Å². The van der Waals surface area contributed by atoms with E-state index in [4.69, 9.17) is 0 Å². The molecular weight excluding hydrogens is 294 g/mol. The van der Waals surface area contributed by atoms with E-state index in [1.807, 2.05) is 0 Å². The smallest absolute Gasteiger partial charge is 0.726 e. The minimum Gasteiger partial charge on any atom is -0.726 e. The van der Waals surface area contributed by atoms with Gasteiger partial charge in [0, 0.05) is 0 Å². The summed E-state index contributed by atoms with van der Waals surface area (Å²) < 4.78 is 39.0. The van der Waals surface area contributed by atoms with Crippen LogP contribution in [-0.2, 0) is 24.1 Å². The van der Waals surface area contributed by atoms with Crippen molar-refractivity contribution in [3.63, 3.8) is 0 Å². The molecule has 0 bridgehead atoms. The molecule has 1 fully saturated rings. The number of hydrogen-bond donors (Lipinski definition) is 2. The molecule has 12 heteroatoms. The number of aliphatic hydroxyl groups excluding tert-OH is 2. The molecule has 94 valence electrons. The van der Waals surface area contributed by atoms with Crippen LogP contribution < -0.4 is 64.2 Å². The second-order valence-electron chi connectivity index (χ2n) is 3.10. The van der Waals surface area contributed by atoms with E-state index in [2.05, 4.69) is 8.92 Å². The summed E-state index contributed by atoms with van der Waals surface area (Å²) in [6, 6.07) is 0. The Hall–Kier alpha value is 1.22. The van der Waals surface area contributed by atoms with E-state index < -0.39 is 47.4 Å². The largest absolute Gasteiger partial charge is 1.00 e. The van der Waals surface area contributed by atoms with E-state index in [0.717, 1.165) is 0 Å². The molecule has 0 aliphatic carbocycles. The van der Waals surface area contributed by atoms with Crippen molar-refractivity contribution >= 4 is 16.4 Å². The Labute approximate surface area is 147 Å². The summed E-state index contributed by atoms with van der Waals surface area (Å²) in [5, 5.41) is 28.8. The van der Waals surface area contributed by atoms with Crippen LogP contribution in [0.1, 0.15) is 0 Å². The number of carboxylic acids is 1. The van der Waals surface area contributed by atoms with E-state index in [1.54, 1.807) is 0 Å². The van der Waals surface area contributed by atoms with Gasteiger partial charge in [-0.05, 0) is 0 Å². The number of ether oxygens (including phenoxy) is 1. The van der Waals surface area contributed by atoms with Gasteiger partial charge >= 0.3 is 59.1 Å². The van der Waals surface area contributed by atoms with Crippen LogP contribution in [0.3, 0.4) is 0 Å². The number of carbonyl (C=O) groups excluding carboxylic acids is 1. The van der Waals surface area contributed by atoms with Crippen LogP contribution in [-0.4, -0.2) is 60.2 Å².